The standard InChI is InChI=1S/C24H27N3O5/c1-16(28)32-19-9-7-18(8-10-19)27-21(29)12-20(23(27)31)26(22(30)13-24(2,3)4)15-17-6-5-11-25-14-17/h5-11,14,20H,12-13,15H2,1-4H3. The van der Waals surface area contributed by atoms with Crippen LogP contribution in [-0.2, 0) is 25.7 Å². The molecule has 3 amide bonds. The topological polar surface area (TPSA) is 96.9 Å². The van der Waals surface area contributed by atoms with Crippen molar-refractivity contribution in [3.63, 3.8) is 0 Å². The molecule has 2 heterocycles. The summed E-state index contributed by atoms with van der Waals surface area (Å²) >= 11 is 0. The van der Waals surface area contributed by atoms with Gasteiger partial charge in [0.05, 0.1) is 12.1 Å². The lowest BCUT2D eigenvalue weighted by Crippen LogP contribution is -2.46. The van der Waals surface area contributed by atoms with Crippen molar-refractivity contribution in [3.8, 4) is 5.75 Å². The Kier molecular flexibility index (Phi) is 6.72. The summed E-state index contributed by atoms with van der Waals surface area (Å²) in [6, 6.07) is 8.81. The zero-order valence-corrected chi connectivity index (χ0v) is 18.7. The van der Waals surface area contributed by atoms with Crippen LogP contribution in [0.3, 0.4) is 0 Å². The molecule has 0 N–H and O–H groups in total. The Morgan fingerprint density at radius 3 is 2.41 bits per heavy atom. The number of pyridine rings is 1. The highest BCUT2D eigenvalue weighted by Crippen LogP contribution is 2.30. The van der Waals surface area contributed by atoms with Crippen LogP contribution in [-0.4, -0.2) is 39.6 Å². The Balaban J connectivity index is 1.87. The molecule has 1 aliphatic heterocycles. The molecule has 1 atom stereocenters. The van der Waals surface area contributed by atoms with Gasteiger partial charge in [0.2, 0.25) is 11.8 Å². The van der Waals surface area contributed by atoms with E-state index in [0.717, 1.165) is 10.5 Å². The van der Waals surface area contributed by atoms with Crippen molar-refractivity contribution in [3.05, 3.63) is 54.4 Å². The van der Waals surface area contributed by atoms with E-state index >= 15 is 0 Å². The van der Waals surface area contributed by atoms with Crippen LogP contribution >= 0.6 is 0 Å². The van der Waals surface area contributed by atoms with Gasteiger partial charge < -0.3 is 9.64 Å². The molecule has 1 aromatic carbocycles. The monoisotopic (exact) mass is 437 g/mol. The minimum absolute atomic E-state index is 0.0966. The van der Waals surface area contributed by atoms with E-state index in [-0.39, 0.29) is 36.6 Å². The van der Waals surface area contributed by atoms with Gasteiger partial charge in [0, 0.05) is 32.3 Å². The largest absolute Gasteiger partial charge is 0.427 e. The van der Waals surface area contributed by atoms with Crippen LogP contribution in [0.4, 0.5) is 5.69 Å². The molecule has 1 fully saturated rings. The Bertz CT molecular complexity index is 1010. The first-order valence-corrected chi connectivity index (χ1v) is 10.4. The van der Waals surface area contributed by atoms with E-state index in [0.29, 0.717) is 11.4 Å². The molecule has 8 heteroatoms. The molecular formula is C24H27N3O5. The van der Waals surface area contributed by atoms with Gasteiger partial charge in [-0.1, -0.05) is 26.8 Å². The molecule has 0 bridgehead atoms. The molecule has 0 radical (unpaired) electrons. The Morgan fingerprint density at radius 1 is 1.16 bits per heavy atom. The molecule has 1 unspecified atom stereocenters. The molecule has 168 valence electrons. The number of esters is 1. The third-order valence-electron chi connectivity index (χ3n) is 4.93. The molecule has 1 aliphatic rings. The summed E-state index contributed by atoms with van der Waals surface area (Å²) in [7, 11) is 0. The van der Waals surface area contributed by atoms with Gasteiger partial charge >= 0.3 is 5.97 Å². The smallest absolute Gasteiger partial charge is 0.308 e. The predicted octanol–water partition coefficient (Wildman–Crippen LogP) is 3.10. The summed E-state index contributed by atoms with van der Waals surface area (Å²) in [6.07, 6.45) is 3.42. The molecule has 2 aromatic rings. The molecule has 32 heavy (non-hydrogen) atoms. The van der Waals surface area contributed by atoms with E-state index in [4.69, 9.17) is 4.74 Å². The van der Waals surface area contributed by atoms with Crippen LogP contribution in [0.1, 0.15) is 46.1 Å². The molecule has 8 nitrogen and oxygen atoms in total. The molecule has 0 aliphatic carbocycles. The van der Waals surface area contributed by atoms with Crippen molar-refractivity contribution in [1.29, 1.82) is 0 Å². The summed E-state index contributed by atoms with van der Waals surface area (Å²) < 4.78 is 5.00. The van der Waals surface area contributed by atoms with E-state index < -0.39 is 17.9 Å². The van der Waals surface area contributed by atoms with Crippen molar-refractivity contribution in [1.82, 2.24) is 9.88 Å². The maximum absolute atomic E-state index is 13.3. The molecule has 0 spiro atoms. The average molecular weight is 437 g/mol. The number of imide groups is 1. The van der Waals surface area contributed by atoms with Crippen LogP contribution in [0.5, 0.6) is 5.75 Å². The van der Waals surface area contributed by atoms with Crippen molar-refractivity contribution in [2.24, 2.45) is 5.41 Å². The molecule has 1 aromatic heterocycles. The lowest BCUT2D eigenvalue weighted by Gasteiger charge is -2.30. The number of carbonyl (C=O) groups is 4. The Hall–Kier alpha value is -3.55. The third-order valence-corrected chi connectivity index (χ3v) is 4.93. The number of aromatic nitrogens is 1. The zero-order valence-electron chi connectivity index (χ0n) is 18.7. The summed E-state index contributed by atoms with van der Waals surface area (Å²) in [4.78, 5) is 57.0. The van der Waals surface area contributed by atoms with Gasteiger partial charge in [0.15, 0.2) is 0 Å². The second-order valence-corrected chi connectivity index (χ2v) is 9.00. The zero-order chi connectivity index (χ0) is 23.5. The fraction of sp³-hybridized carbons (Fsp3) is 0.375. The minimum Gasteiger partial charge on any atom is -0.427 e. The maximum atomic E-state index is 13.3. The fourth-order valence-electron chi connectivity index (χ4n) is 3.58. The van der Waals surface area contributed by atoms with E-state index in [1.54, 1.807) is 30.6 Å². The predicted molar refractivity (Wildman–Crippen MR) is 118 cm³/mol. The highest BCUT2D eigenvalue weighted by atomic mass is 16.5. The number of anilines is 1. The quantitative estimate of drug-likeness (QED) is 0.391. The Morgan fingerprint density at radius 2 is 1.84 bits per heavy atom. The highest BCUT2D eigenvalue weighted by molar-refractivity contribution is 6.23. The first-order valence-electron chi connectivity index (χ1n) is 10.4. The summed E-state index contributed by atoms with van der Waals surface area (Å²) in [5.74, 6) is -1.19. The van der Waals surface area contributed by atoms with Crippen LogP contribution in [0.15, 0.2) is 48.8 Å². The van der Waals surface area contributed by atoms with Crippen molar-refractivity contribution >= 4 is 29.4 Å². The van der Waals surface area contributed by atoms with E-state index in [1.807, 2.05) is 26.8 Å². The van der Waals surface area contributed by atoms with Crippen LogP contribution in [0.25, 0.3) is 0 Å². The number of carbonyl (C=O) groups excluding carboxylic acids is 4. The molecule has 3 rings (SSSR count). The number of nitrogens with zero attached hydrogens (tertiary/aromatic N) is 3. The molecule has 1 saturated heterocycles. The van der Waals surface area contributed by atoms with Gasteiger partial charge in [-0.2, -0.15) is 0 Å². The van der Waals surface area contributed by atoms with Crippen molar-refractivity contribution < 1.29 is 23.9 Å². The van der Waals surface area contributed by atoms with Gasteiger partial charge in [-0.3, -0.25) is 24.2 Å². The van der Waals surface area contributed by atoms with Crippen molar-refractivity contribution in [2.75, 3.05) is 4.90 Å². The first kappa shape index (κ1) is 23.1. The number of hydrogen-bond acceptors (Lipinski definition) is 6. The lowest BCUT2D eigenvalue weighted by molar-refractivity contribution is -0.140. The molecule has 0 saturated carbocycles. The third kappa shape index (κ3) is 5.57. The number of rotatable bonds is 6. The van der Waals surface area contributed by atoms with E-state index in [2.05, 4.69) is 4.98 Å². The molecular weight excluding hydrogens is 410 g/mol. The SMILES string of the molecule is CC(=O)Oc1ccc(N2C(=O)CC(N(Cc3cccnc3)C(=O)CC(C)(C)C)C2=O)cc1. The second-order valence-electron chi connectivity index (χ2n) is 9.00. The van der Waals surface area contributed by atoms with Gasteiger partial charge in [-0.05, 0) is 41.3 Å². The minimum atomic E-state index is -0.897. The average Bonchev–Trinajstić information content (AvgIpc) is 2.99. The number of benzene rings is 1. The van der Waals surface area contributed by atoms with Crippen LogP contribution in [0.2, 0.25) is 0 Å². The first-order chi connectivity index (χ1) is 15.0. The van der Waals surface area contributed by atoms with Gasteiger partial charge in [0.1, 0.15) is 11.8 Å². The van der Waals surface area contributed by atoms with E-state index in [1.165, 1.54) is 24.0 Å². The second kappa shape index (κ2) is 9.30. The maximum Gasteiger partial charge on any atom is 0.308 e. The lowest BCUT2D eigenvalue weighted by atomic mass is 9.91. The van der Waals surface area contributed by atoms with Crippen LogP contribution in [0, 0.1) is 5.41 Å². The summed E-state index contributed by atoms with van der Waals surface area (Å²) in [5, 5.41) is 0. The summed E-state index contributed by atoms with van der Waals surface area (Å²) in [6.45, 7) is 7.33. The summed E-state index contributed by atoms with van der Waals surface area (Å²) in [5.41, 5.74) is 0.865. The van der Waals surface area contributed by atoms with Gasteiger partial charge in [-0.25, -0.2) is 4.90 Å². The number of hydrogen-bond donors (Lipinski definition) is 0. The van der Waals surface area contributed by atoms with Gasteiger partial charge in [0.25, 0.3) is 5.91 Å². The Labute approximate surface area is 187 Å². The van der Waals surface area contributed by atoms with Crippen molar-refractivity contribution in [2.45, 2.75) is 53.1 Å². The number of amides is 3. The normalized spacial score (nSPS) is 16.2. The fourth-order valence-corrected chi connectivity index (χ4v) is 3.58. The highest BCUT2D eigenvalue weighted by Gasteiger charge is 2.44. The number of ether oxygens (including phenoxy) is 1. The van der Waals surface area contributed by atoms with E-state index in [9.17, 15) is 19.2 Å². The van der Waals surface area contributed by atoms with Crippen LogP contribution < -0.4 is 9.64 Å². The van der Waals surface area contributed by atoms with Gasteiger partial charge in [-0.15, -0.1) is 0 Å².